The summed E-state index contributed by atoms with van der Waals surface area (Å²) in [5, 5.41) is 13.2. The normalized spacial score (nSPS) is 17.7. The predicted octanol–water partition coefficient (Wildman–Crippen LogP) is 2.56. The van der Waals surface area contributed by atoms with Crippen molar-refractivity contribution in [2.24, 2.45) is 11.8 Å². The Bertz CT molecular complexity index is 1120. The van der Waals surface area contributed by atoms with Gasteiger partial charge in [0.1, 0.15) is 11.6 Å². The van der Waals surface area contributed by atoms with Crippen molar-refractivity contribution >= 4 is 28.3 Å². The van der Waals surface area contributed by atoms with Crippen LogP contribution in [0.2, 0.25) is 0 Å². The minimum Gasteiger partial charge on any atom is -0.384 e. The van der Waals surface area contributed by atoms with E-state index in [0.717, 1.165) is 22.9 Å². The zero-order valence-electron chi connectivity index (χ0n) is 15.9. The van der Waals surface area contributed by atoms with Crippen LogP contribution in [0.25, 0.3) is 22.0 Å². The summed E-state index contributed by atoms with van der Waals surface area (Å²) < 4.78 is 5.19. The van der Waals surface area contributed by atoms with Crippen LogP contribution in [-0.4, -0.2) is 34.6 Å². The Labute approximate surface area is 167 Å². The molecule has 0 saturated heterocycles. The van der Waals surface area contributed by atoms with Gasteiger partial charge in [0.15, 0.2) is 0 Å². The summed E-state index contributed by atoms with van der Waals surface area (Å²) in [6.07, 6.45) is 6.43. The molecular weight excluding hydrogens is 368 g/mol. The summed E-state index contributed by atoms with van der Waals surface area (Å²) in [4.78, 5) is 25.2. The first kappa shape index (κ1) is 18.8. The maximum absolute atomic E-state index is 12.2. The number of carbonyl (C=O) groups excluding carboxylic acids is 1. The highest BCUT2D eigenvalue weighted by atomic mass is 16.5. The van der Waals surface area contributed by atoms with Gasteiger partial charge in [-0.05, 0) is 42.0 Å². The summed E-state index contributed by atoms with van der Waals surface area (Å²) in [5.41, 5.74) is 8.82. The number of nitrogens with one attached hydrogen (secondary N) is 1. The summed E-state index contributed by atoms with van der Waals surface area (Å²) in [6.45, 7) is 0.588. The molecule has 1 fully saturated rings. The molecule has 3 aromatic rings. The van der Waals surface area contributed by atoms with Gasteiger partial charge in [-0.25, -0.2) is 9.97 Å². The molecule has 146 valence electrons. The van der Waals surface area contributed by atoms with Crippen LogP contribution in [0.15, 0.2) is 36.8 Å². The van der Waals surface area contributed by atoms with Crippen molar-refractivity contribution in [3.05, 3.63) is 42.4 Å². The third-order valence-corrected chi connectivity index (χ3v) is 5.05. The van der Waals surface area contributed by atoms with Crippen LogP contribution < -0.4 is 11.1 Å². The van der Waals surface area contributed by atoms with Crippen molar-refractivity contribution in [3.8, 4) is 17.3 Å². The molecule has 29 heavy (non-hydrogen) atoms. The van der Waals surface area contributed by atoms with Gasteiger partial charge >= 0.3 is 0 Å². The molecule has 1 aliphatic carbocycles. The number of nitrogens with zero attached hydrogens (tertiary/aromatic N) is 4. The number of anilines is 2. The summed E-state index contributed by atoms with van der Waals surface area (Å²) in [5.74, 6) is 0.150. The zero-order chi connectivity index (χ0) is 20.4. The highest BCUT2D eigenvalue weighted by Gasteiger charge is 2.43. The fourth-order valence-electron chi connectivity index (χ4n) is 3.31. The van der Waals surface area contributed by atoms with Gasteiger partial charge in [0.05, 0.1) is 30.2 Å². The van der Waals surface area contributed by atoms with Gasteiger partial charge in [0.25, 0.3) is 0 Å². The number of rotatable bonds is 6. The molecule has 0 spiro atoms. The first-order valence-electron chi connectivity index (χ1n) is 9.29. The average Bonchev–Trinajstić information content (AvgIpc) is 3.52. The molecule has 1 saturated carbocycles. The number of methoxy groups -OCH3 is 1. The van der Waals surface area contributed by atoms with E-state index < -0.39 is 0 Å². The molecule has 0 aromatic carbocycles. The molecule has 2 unspecified atom stereocenters. The summed E-state index contributed by atoms with van der Waals surface area (Å²) >= 11 is 0. The molecule has 8 heteroatoms. The molecule has 1 amide bonds. The lowest BCUT2D eigenvalue weighted by Crippen LogP contribution is -2.15. The van der Waals surface area contributed by atoms with Crippen molar-refractivity contribution in [3.63, 3.8) is 0 Å². The first-order valence-corrected chi connectivity index (χ1v) is 9.29. The molecule has 3 heterocycles. The lowest BCUT2D eigenvalue weighted by atomic mass is 10.0. The SMILES string of the molecule is COCCc1ccncc1-c1cc2cc(NC(=O)C3CC3C#N)ncc2c(N)n1. The van der Waals surface area contributed by atoms with Crippen LogP contribution >= 0.6 is 0 Å². The lowest BCUT2D eigenvalue weighted by Gasteiger charge is -2.11. The van der Waals surface area contributed by atoms with Gasteiger partial charge in [-0.2, -0.15) is 5.26 Å². The number of aromatic nitrogens is 3. The van der Waals surface area contributed by atoms with Gasteiger partial charge in [0.2, 0.25) is 5.91 Å². The van der Waals surface area contributed by atoms with Crippen molar-refractivity contribution in [2.45, 2.75) is 12.8 Å². The van der Waals surface area contributed by atoms with Gasteiger partial charge in [-0.15, -0.1) is 0 Å². The monoisotopic (exact) mass is 388 g/mol. The number of amides is 1. The van der Waals surface area contributed by atoms with Crippen LogP contribution in [0.1, 0.15) is 12.0 Å². The Kier molecular flexibility index (Phi) is 5.06. The molecule has 0 aliphatic heterocycles. The molecular formula is C21H20N6O2. The topological polar surface area (TPSA) is 127 Å². The maximum Gasteiger partial charge on any atom is 0.230 e. The van der Waals surface area contributed by atoms with Crippen molar-refractivity contribution in [2.75, 3.05) is 24.8 Å². The lowest BCUT2D eigenvalue weighted by molar-refractivity contribution is -0.117. The van der Waals surface area contributed by atoms with Crippen molar-refractivity contribution in [1.82, 2.24) is 15.0 Å². The Hall–Kier alpha value is -3.57. The number of nitrogens with two attached hydrogens (primary N) is 1. The minimum atomic E-state index is -0.255. The number of carbonyl (C=O) groups is 1. The smallest absolute Gasteiger partial charge is 0.230 e. The molecule has 3 N–H and O–H groups in total. The standard InChI is InChI=1S/C21H20N6O2/c1-29-5-3-12-2-4-24-10-16(12)18-7-13-8-19(25-11-17(13)20(23)26-18)27-21(28)15-6-14(15)9-22/h2,4,7-8,10-11,14-15H,3,5-6H2,1H3,(H2,23,26)(H,25,27,28). The van der Waals surface area contributed by atoms with E-state index in [-0.39, 0.29) is 17.7 Å². The third kappa shape index (κ3) is 3.86. The number of nitrogen functional groups attached to an aromatic ring is 1. The van der Waals surface area contributed by atoms with Crippen LogP contribution in [0.5, 0.6) is 0 Å². The van der Waals surface area contributed by atoms with E-state index in [0.29, 0.717) is 35.7 Å². The van der Waals surface area contributed by atoms with E-state index in [1.807, 2.05) is 12.1 Å². The van der Waals surface area contributed by atoms with Gasteiger partial charge < -0.3 is 15.8 Å². The number of nitriles is 1. The summed E-state index contributed by atoms with van der Waals surface area (Å²) in [6, 6.07) is 7.73. The highest BCUT2D eigenvalue weighted by Crippen LogP contribution is 2.38. The maximum atomic E-state index is 12.2. The second-order valence-corrected chi connectivity index (χ2v) is 7.03. The largest absolute Gasteiger partial charge is 0.384 e. The number of hydrogen-bond acceptors (Lipinski definition) is 7. The van der Waals surface area contributed by atoms with E-state index in [9.17, 15) is 4.79 Å². The molecule has 1 aliphatic rings. The molecule has 0 bridgehead atoms. The number of fused-ring (bicyclic) bond motifs is 1. The van der Waals surface area contributed by atoms with E-state index in [1.165, 1.54) is 0 Å². The van der Waals surface area contributed by atoms with Crippen molar-refractivity contribution in [1.29, 1.82) is 5.26 Å². The van der Waals surface area contributed by atoms with Gasteiger partial charge in [0, 0.05) is 36.7 Å². The Morgan fingerprint density at radius 3 is 3.03 bits per heavy atom. The number of ether oxygens (including phenoxy) is 1. The minimum absolute atomic E-state index is 0.181. The van der Waals surface area contributed by atoms with E-state index in [4.69, 9.17) is 15.7 Å². The Morgan fingerprint density at radius 1 is 1.41 bits per heavy atom. The van der Waals surface area contributed by atoms with Crippen LogP contribution in [-0.2, 0) is 16.0 Å². The van der Waals surface area contributed by atoms with E-state index in [2.05, 4.69) is 26.3 Å². The molecule has 8 nitrogen and oxygen atoms in total. The molecule has 0 radical (unpaired) electrons. The summed E-state index contributed by atoms with van der Waals surface area (Å²) in [7, 11) is 1.66. The van der Waals surface area contributed by atoms with Gasteiger partial charge in [-0.1, -0.05) is 0 Å². The van der Waals surface area contributed by atoms with Crippen molar-refractivity contribution < 1.29 is 9.53 Å². The van der Waals surface area contributed by atoms with E-state index in [1.54, 1.807) is 31.8 Å². The second-order valence-electron chi connectivity index (χ2n) is 7.03. The zero-order valence-corrected chi connectivity index (χ0v) is 15.9. The van der Waals surface area contributed by atoms with Crippen LogP contribution in [0.3, 0.4) is 0 Å². The Balaban J connectivity index is 1.67. The molecule has 2 atom stereocenters. The average molecular weight is 388 g/mol. The van der Waals surface area contributed by atoms with Gasteiger partial charge in [-0.3, -0.25) is 9.78 Å². The van der Waals surface area contributed by atoms with Crippen LogP contribution in [0, 0.1) is 23.2 Å². The number of pyridine rings is 3. The van der Waals surface area contributed by atoms with E-state index >= 15 is 0 Å². The second kappa shape index (κ2) is 7.81. The fourth-order valence-corrected chi connectivity index (χ4v) is 3.31. The molecule has 4 rings (SSSR count). The Morgan fingerprint density at radius 2 is 2.28 bits per heavy atom. The molecule has 3 aromatic heterocycles. The number of hydrogen-bond donors (Lipinski definition) is 2. The van der Waals surface area contributed by atoms with Crippen LogP contribution in [0.4, 0.5) is 11.6 Å². The highest BCUT2D eigenvalue weighted by molar-refractivity contribution is 5.98. The first-order chi connectivity index (χ1) is 14.1. The third-order valence-electron chi connectivity index (χ3n) is 5.05. The predicted molar refractivity (Wildman–Crippen MR) is 109 cm³/mol. The fraction of sp³-hybridized carbons (Fsp3) is 0.286. The quantitative estimate of drug-likeness (QED) is 0.664.